The molecule has 0 aromatic heterocycles. The molecule has 0 spiro atoms. The standard InChI is InChI=1S/C28H39N4O4S2/c1-2-29-20-22-32(23-21-29)38(35,36)28-13-7-5-11-26(28)25-10-4-6-12-27(25)37(33,34)31-18-14-24(15-19-31)30-16-8-3-9-17-30/h4-7,10-11,13,24H,2-3,8-9,14-23H2,1H3. The van der Waals surface area contributed by atoms with Crippen LogP contribution in [0.4, 0.5) is 0 Å². The number of sulfonamides is 2. The molecule has 3 aliphatic rings. The molecule has 0 amide bonds. The van der Waals surface area contributed by atoms with Crippen LogP contribution >= 0.6 is 0 Å². The van der Waals surface area contributed by atoms with Gasteiger partial charge in [0.2, 0.25) is 20.0 Å². The minimum absolute atomic E-state index is 0.0508. The van der Waals surface area contributed by atoms with Crippen LogP contribution in [0.3, 0.4) is 0 Å². The Hall–Kier alpha value is -1.82. The van der Waals surface area contributed by atoms with E-state index in [0.717, 1.165) is 32.5 Å². The Balaban J connectivity index is 1.42. The molecule has 3 fully saturated rings. The van der Waals surface area contributed by atoms with Crippen molar-refractivity contribution in [2.75, 3.05) is 58.9 Å². The van der Waals surface area contributed by atoms with E-state index >= 15 is 0 Å². The Labute approximate surface area is 228 Å². The zero-order valence-electron chi connectivity index (χ0n) is 22.3. The van der Waals surface area contributed by atoms with Crippen molar-refractivity contribution in [3.63, 3.8) is 0 Å². The third-order valence-electron chi connectivity index (χ3n) is 8.32. The summed E-state index contributed by atoms with van der Waals surface area (Å²) in [6, 6.07) is 15.2. The molecule has 0 N–H and O–H groups in total. The van der Waals surface area contributed by atoms with Crippen molar-refractivity contribution in [1.29, 1.82) is 0 Å². The second kappa shape index (κ2) is 11.7. The lowest BCUT2D eigenvalue weighted by Gasteiger charge is -2.39. The van der Waals surface area contributed by atoms with Crippen molar-refractivity contribution in [1.82, 2.24) is 18.4 Å². The molecule has 3 saturated heterocycles. The molecule has 8 nitrogen and oxygen atoms in total. The molecule has 38 heavy (non-hydrogen) atoms. The number of rotatable bonds is 7. The third-order valence-corrected chi connectivity index (χ3v) is 12.2. The number of nitrogens with zero attached hydrogens (tertiary/aromatic N) is 4. The van der Waals surface area contributed by atoms with Crippen molar-refractivity contribution in [2.24, 2.45) is 0 Å². The fraction of sp³-hybridized carbons (Fsp3) is 0.571. The molecule has 5 rings (SSSR count). The Bertz CT molecular complexity index is 1310. The summed E-state index contributed by atoms with van der Waals surface area (Å²) >= 11 is 0. The van der Waals surface area contributed by atoms with E-state index in [9.17, 15) is 16.8 Å². The highest BCUT2D eigenvalue weighted by Gasteiger charge is 2.35. The molecule has 0 unspecified atom stereocenters. The van der Waals surface area contributed by atoms with E-state index in [1.807, 2.05) is 0 Å². The molecule has 0 saturated carbocycles. The first-order valence-corrected chi connectivity index (χ1v) is 16.8. The predicted octanol–water partition coefficient (Wildman–Crippen LogP) is 3.12. The average molecular weight is 560 g/mol. The maximum atomic E-state index is 13.9. The van der Waals surface area contributed by atoms with Crippen LogP contribution in [0, 0.1) is 6.07 Å². The Morgan fingerprint density at radius 3 is 2.05 bits per heavy atom. The first kappa shape index (κ1) is 27.7. The summed E-state index contributed by atoms with van der Waals surface area (Å²) in [6.07, 6.45) is 5.35. The second-order valence-corrected chi connectivity index (χ2v) is 14.3. The first-order valence-electron chi connectivity index (χ1n) is 13.9. The zero-order valence-corrected chi connectivity index (χ0v) is 23.9. The largest absolute Gasteiger partial charge is 0.301 e. The van der Waals surface area contributed by atoms with E-state index in [0.29, 0.717) is 56.4 Å². The van der Waals surface area contributed by atoms with Gasteiger partial charge in [0.05, 0.1) is 9.79 Å². The van der Waals surface area contributed by atoms with Crippen molar-refractivity contribution in [3.05, 3.63) is 48.5 Å². The quantitative estimate of drug-likeness (QED) is 0.519. The van der Waals surface area contributed by atoms with E-state index in [1.54, 1.807) is 46.8 Å². The van der Waals surface area contributed by atoms with Gasteiger partial charge in [-0.25, -0.2) is 16.8 Å². The fourth-order valence-electron chi connectivity index (χ4n) is 6.05. The normalized spacial score (nSPS) is 22.0. The molecular weight excluding hydrogens is 520 g/mol. The van der Waals surface area contributed by atoms with E-state index in [1.165, 1.54) is 23.6 Å². The average Bonchev–Trinajstić information content (AvgIpc) is 2.97. The lowest BCUT2D eigenvalue weighted by atomic mass is 10.0. The lowest BCUT2D eigenvalue weighted by molar-refractivity contribution is 0.118. The van der Waals surface area contributed by atoms with Gasteiger partial charge in [-0.15, -0.1) is 0 Å². The monoisotopic (exact) mass is 559 g/mol. The molecule has 0 atom stereocenters. The molecule has 2 aromatic carbocycles. The van der Waals surface area contributed by atoms with Crippen LogP contribution in [0.2, 0.25) is 0 Å². The number of likely N-dealkylation sites (N-methyl/N-ethyl adjacent to an activating group) is 1. The molecule has 0 bridgehead atoms. The highest BCUT2D eigenvalue weighted by molar-refractivity contribution is 7.89. The van der Waals surface area contributed by atoms with Gasteiger partial charge in [-0.3, -0.25) is 0 Å². The van der Waals surface area contributed by atoms with Gasteiger partial charge in [-0.1, -0.05) is 49.7 Å². The van der Waals surface area contributed by atoms with Gasteiger partial charge < -0.3 is 9.80 Å². The Morgan fingerprint density at radius 2 is 1.37 bits per heavy atom. The zero-order chi connectivity index (χ0) is 26.8. The summed E-state index contributed by atoms with van der Waals surface area (Å²) in [5.41, 5.74) is 0.793. The minimum Gasteiger partial charge on any atom is -0.301 e. The number of hydrogen-bond donors (Lipinski definition) is 0. The lowest BCUT2D eigenvalue weighted by Crippen LogP contribution is -2.48. The van der Waals surface area contributed by atoms with Gasteiger partial charge >= 0.3 is 0 Å². The van der Waals surface area contributed by atoms with Gasteiger partial charge in [0, 0.05) is 62.5 Å². The van der Waals surface area contributed by atoms with Crippen LogP contribution in [0.15, 0.2) is 52.3 Å². The van der Waals surface area contributed by atoms with Crippen LogP contribution in [-0.4, -0.2) is 100 Å². The summed E-state index contributed by atoms with van der Waals surface area (Å²) in [5.74, 6) is 0. The summed E-state index contributed by atoms with van der Waals surface area (Å²) < 4.78 is 58.4. The number of hydrogen-bond acceptors (Lipinski definition) is 6. The number of benzene rings is 2. The minimum atomic E-state index is -3.85. The van der Waals surface area contributed by atoms with Gasteiger partial charge in [-0.2, -0.15) is 8.61 Å². The van der Waals surface area contributed by atoms with E-state index in [-0.39, 0.29) is 9.79 Å². The smallest absolute Gasteiger partial charge is 0.244 e. The molecule has 3 heterocycles. The van der Waals surface area contributed by atoms with Gasteiger partial charge in [0.1, 0.15) is 0 Å². The maximum Gasteiger partial charge on any atom is 0.244 e. The molecule has 10 heteroatoms. The fourth-order valence-corrected chi connectivity index (χ4v) is 9.30. The third kappa shape index (κ3) is 5.57. The molecule has 1 radical (unpaired) electrons. The Morgan fingerprint density at radius 1 is 0.737 bits per heavy atom. The highest BCUT2D eigenvalue weighted by atomic mass is 32.2. The van der Waals surface area contributed by atoms with Gasteiger partial charge in [-0.05, 0) is 51.4 Å². The SMILES string of the molecule is CCN1CCN(S(=O)(=O)c2ccccc2-c2ccc[c]c2S(=O)(=O)N2CCC(N3CCCCC3)CC2)CC1. The van der Waals surface area contributed by atoms with Gasteiger partial charge in [0.15, 0.2) is 0 Å². The Kier molecular flexibility index (Phi) is 8.57. The summed E-state index contributed by atoms with van der Waals surface area (Å²) in [6.45, 7) is 8.31. The van der Waals surface area contributed by atoms with Crippen LogP contribution in [0.25, 0.3) is 11.1 Å². The van der Waals surface area contributed by atoms with Crippen molar-refractivity contribution >= 4 is 20.0 Å². The van der Waals surface area contributed by atoms with E-state index in [2.05, 4.69) is 22.8 Å². The van der Waals surface area contributed by atoms with Crippen LogP contribution in [0.1, 0.15) is 39.0 Å². The molecule has 2 aromatic rings. The second-order valence-electron chi connectivity index (χ2n) is 10.5. The van der Waals surface area contributed by atoms with Gasteiger partial charge in [0.25, 0.3) is 0 Å². The summed E-state index contributed by atoms with van der Waals surface area (Å²) in [7, 11) is -7.65. The highest BCUT2D eigenvalue weighted by Crippen LogP contribution is 2.36. The number of piperidine rings is 2. The van der Waals surface area contributed by atoms with Crippen LogP contribution in [-0.2, 0) is 20.0 Å². The van der Waals surface area contributed by atoms with Crippen LogP contribution in [0.5, 0.6) is 0 Å². The van der Waals surface area contributed by atoms with Crippen molar-refractivity contribution < 1.29 is 16.8 Å². The molecular formula is C28H39N4O4S2. The van der Waals surface area contributed by atoms with E-state index < -0.39 is 20.0 Å². The van der Waals surface area contributed by atoms with E-state index in [4.69, 9.17) is 0 Å². The maximum absolute atomic E-state index is 13.9. The summed E-state index contributed by atoms with van der Waals surface area (Å²) in [5, 5.41) is 0. The van der Waals surface area contributed by atoms with Crippen molar-refractivity contribution in [2.45, 2.75) is 54.9 Å². The molecule has 0 aliphatic carbocycles. The summed E-state index contributed by atoms with van der Waals surface area (Å²) in [4.78, 5) is 4.94. The van der Waals surface area contributed by atoms with Crippen molar-refractivity contribution in [3.8, 4) is 11.1 Å². The molecule has 3 aliphatic heterocycles. The predicted molar refractivity (Wildman–Crippen MR) is 149 cm³/mol. The van der Waals surface area contributed by atoms with Crippen LogP contribution < -0.4 is 0 Å². The topological polar surface area (TPSA) is 81.2 Å². The number of likely N-dealkylation sites (tertiary alicyclic amines) is 1. The number of piperazine rings is 1. The molecule has 207 valence electrons. The first-order chi connectivity index (χ1) is 18.3.